The molecular weight excluding hydrogens is 342 g/mol. The fraction of sp³-hybridized carbons (Fsp3) is 0.111. The molecule has 110 valence electrons. The van der Waals surface area contributed by atoms with Gasteiger partial charge in [0.2, 0.25) is 0 Å². The number of aryl methyl sites for hydroxylation is 1. The van der Waals surface area contributed by atoms with Gasteiger partial charge in [0.15, 0.2) is 0 Å². The van der Waals surface area contributed by atoms with Crippen LogP contribution in [0.15, 0.2) is 53.0 Å². The Morgan fingerprint density at radius 2 is 1.86 bits per heavy atom. The van der Waals surface area contributed by atoms with Crippen molar-refractivity contribution in [1.29, 1.82) is 0 Å². The Hall–Kier alpha value is -2.20. The summed E-state index contributed by atoms with van der Waals surface area (Å²) in [6, 6.07) is 15.1. The third kappa shape index (κ3) is 2.74. The number of rotatable bonds is 3. The second-order valence-electron chi connectivity index (χ2n) is 5.07. The summed E-state index contributed by atoms with van der Waals surface area (Å²) in [4.78, 5) is 16.2. The van der Waals surface area contributed by atoms with Crippen molar-refractivity contribution in [2.24, 2.45) is 0 Å². The first kappa shape index (κ1) is 14.7. The molecule has 0 fully saturated rings. The molecule has 0 aliphatic carbocycles. The molecule has 0 amide bonds. The number of pyridine rings is 1. The van der Waals surface area contributed by atoms with Gasteiger partial charge in [-0.05, 0) is 42.3 Å². The standard InChI is InChI=1S/C18H14BrNO2/c1-2-11-3-8-16-14(9-11)15(18(21)22)10-17(20-16)12-4-6-13(19)7-5-12/h3-10H,2H2,1H3,(H,21,22). The zero-order valence-corrected chi connectivity index (χ0v) is 13.6. The fourth-order valence-electron chi connectivity index (χ4n) is 2.44. The summed E-state index contributed by atoms with van der Waals surface area (Å²) in [5, 5.41) is 10.2. The molecule has 1 N–H and O–H groups in total. The molecule has 4 heteroatoms. The van der Waals surface area contributed by atoms with Gasteiger partial charge in [-0.2, -0.15) is 0 Å². The molecule has 22 heavy (non-hydrogen) atoms. The molecule has 0 unspecified atom stereocenters. The van der Waals surface area contributed by atoms with Gasteiger partial charge in [-0.25, -0.2) is 9.78 Å². The molecule has 0 aliphatic rings. The van der Waals surface area contributed by atoms with Crippen LogP contribution in [0, 0.1) is 0 Å². The van der Waals surface area contributed by atoms with Gasteiger partial charge >= 0.3 is 5.97 Å². The maximum atomic E-state index is 11.6. The van der Waals surface area contributed by atoms with Crippen LogP contribution >= 0.6 is 15.9 Å². The third-order valence-corrected chi connectivity index (χ3v) is 4.18. The average molecular weight is 356 g/mol. The number of hydrogen-bond acceptors (Lipinski definition) is 2. The van der Waals surface area contributed by atoms with E-state index in [9.17, 15) is 9.90 Å². The summed E-state index contributed by atoms with van der Waals surface area (Å²) in [6.45, 7) is 2.05. The van der Waals surface area contributed by atoms with Crippen molar-refractivity contribution in [3.63, 3.8) is 0 Å². The van der Waals surface area contributed by atoms with Crippen molar-refractivity contribution < 1.29 is 9.90 Å². The predicted molar refractivity (Wildman–Crippen MR) is 91.2 cm³/mol. The number of nitrogens with zero attached hydrogens (tertiary/aromatic N) is 1. The highest BCUT2D eigenvalue weighted by molar-refractivity contribution is 9.10. The molecule has 0 saturated carbocycles. The molecule has 0 bridgehead atoms. The van der Waals surface area contributed by atoms with Crippen molar-refractivity contribution in [2.45, 2.75) is 13.3 Å². The summed E-state index contributed by atoms with van der Waals surface area (Å²) >= 11 is 3.40. The fourth-order valence-corrected chi connectivity index (χ4v) is 2.70. The first-order chi connectivity index (χ1) is 10.6. The summed E-state index contributed by atoms with van der Waals surface area (Å²) in [5.74, 6) is -0.931. The first-order valence-corrected chi connectivity index (χ1v) is 7.80. The maximum Gasteiger partial charge on any atom is 0.336 e. The lowest BCUT2D eigenvalue weighted by molar-refractivity contribution is 0.0699. The van der Waals surface area contributed by atoms with Crippen LogP contribution in [-0.2, 0) is 6.42 Å². The summed E-state index contributed by atoms with van der Waals surface area (Å²) < 4.78 is 0.975. The molecule has 0 atom stereocenters. The monoisotopic (exact) mass is 355 g/mol. The number of benzene rings is 2. The highest BCUT2D eigenvalue weighted by Crippen LogP contribution is 2.27. The van der Waals surface area contributed by atoms with E-state index in [0.717, 1.165) is 22.0 Å². The van der Waals surface area contributed by atoms with E-state index in [-0.39, 0.29) is 0 Å². The molecule has 0 spiro atoms. The van der Waals surface area contributed by atoms with Gasteiger partial charge in [0.05, 0.1) is 16.8 Å². The minimum atomic E-state index is -0.931. The highest BCUT2D eigenvalue weighted by atomic mass is 79.9. The summed E-state index contributed by atoms with van der Waals surface area (Å²) in [7, 11) is 0. The Bertz CT molecular complexity index is 857. The molecule has 1 aromatic heterocycles. The van der Waals surface area contributed by atoms with Crippen LogP contribution in [0.25, 0.3) is 22.2 Å². The van der Waals surface area contributed by atoms with Crippen LogP contribution in [0.5, 0.6) is 0 Å². The van der Waals surface area contributed by atoms with E-state index in [2.05, 4.69) is 20.9 Å². The Labute approximate surface area is 136 Å². The van der Waals surface area contributed by atoms with E-state index in [0.29, 0.717) is 22.2 Å². The average Bonchev–Trinajstić information content (AvgIpc) is 2.53. The minimum Gasteiger partial charge on any atom is -0.478 e. The van der Waals surface area contributed by atoms with Crippen LogP contribution < -0.4 is 0 Å². The number of aromatic carboxylic acids is 1. The minimum absolute atomic E-state index is 0.290. The number of hydrogen-bond donors (Lipinski definition) is 1. The Kier molecular flexibility index (Phi) is 3.94. The maximum absolute atomic E-state index is 11.6. The lowest BCUT2D eigenvalue weighted by Crippen LogP contribution is -2.01. The smallest absolute Gasteiger partial charge is 0.336 e. The summed E-state index contributed by atoms with van der Waals surface area (Å²) in [6.07, 6.45) is 0.865. The first-order valence-electron chi connectivity index (χ1n) is 7.01. The van der Waals surface area contributed by atoms with E-state index in [1.165, 1.54) is 0 Å². The molecule has 3 aromatic rings. The van der Waals surface area contributed by atoms with Crippen LogP contribution in [0.4, 0.5) is 0 Å². The van der Waals surface area contributed by atoms with Crippen LogP contribution in [-0.4, -0.2) is 16.1 Å². The van der Waals surface area contributed by atoms with Gasteiger partial charge in [0, 0.05) is 15.4 Å². The van der Waals surface area contributed by atoms with Crippen molar-refractivity contribution in [3.05, 3.63) is 64.1 Å². The number of carboxylic acid groups (broad SMARTS) is 1. The topological polar surface area (TPSA) is 50.2 Å². The Balaban J connectivity index is 2.25. The molecule has 2 aromatic carbocycles. The zero-order valence-electron chi connectivity index (χ0n) is 12.0. The quantitative estimate of drug-likeness (QED) is 0.724. The van der Waals surface area contributed by atoms with Crippen molar-refractivity contribution in [1.82, 2.24) is 4.98 Å². The number of carbonyl (C=O) groups is 1. The van der Waals surface area contributed by atoms with Gasteiger partial charge in [-0.15, -0.1) is 0 Å². The van der Waals surface area contributed by atoms with E-state index >= 15 is 0 Å². The highest BCUT2D eigenvalue weighted by Gasteiger charge is 2.13. The Morgan fingerprint density at radius 3 is 2.50 bits per heavy atom. The van der Waals surface area contributed by atoms with Crippen molar-refractivity contribution in [2.75, 3.05) is 0 Å². The summed E-state index contributed by atoms with van der Waals surface area (Å²) in [5.41, 5.74) is 3.66. The zero-order chi connectivity index (χ0) is 15.7. The molecule has 1 heterocycles. The lowest BCUT2D eigenvalue weighted by atomic mass is 10.0. The van der Waals surface area contributed by atoms with Crippen LogP contribution in [0.2, 0.25) is 0 Å². The molecule has 3 rings (SSSR count). The number of fused-ring (bicyclic) bond motifs is 1. The van der Waals surface area contributed by atoms with E-state index < -0.39 is 5.97 Å². The molecular formula is C18H14BrNO2. The third-order valence-electron chi connectivity index (χ3n) is 3.65. The van der Waals surface area contributed by atoms with Gasteiger partial charge < -0.3 is 5.11 Å². The lowest BCUT2D eigenvalue weighted by Gasteiger charge is -2.08. The van der Waals surface area contributed by atoms with Crippen molar-refractivity contribution >= 4 is 32.8 Å². The van der Waals surface area contributed by atoms with Crippen LogP contribution in [0.1, 0.15) is 22.8 Å². The van der Waals surface area contributed by atoms with Gasteiger partial charge in [-0.3, -0.25) is 0 Å². The van der Waals surface area contributed by atoms with Gasteiger partial charge in [0.1, 0.15) is 0 Å². The Morgan fingerprint density at radius 1 is 1.14 bits per heavy atom. The SMILES string of the molecule is CCc1ccc2nc(-c3ccc(Br)cc3)cc(C(=O)O)c2c1. The molecule has 3 nitrogen and oxygen atoms in total. The van der Waals surface area contributed by atoms with Gasteiger partial charge in [0.25, 0.3) is 0 Å². The second kappa shape index (κ2) is 5.89. The van der Waals surface area contributed by atoms with Gasteiger partial charge in [-0.1, -0.05) is 41.1 Å². The van der Waals surface area contributed by atoms with E-state index in [1.807, 2.05) is 49.4 Å². The molecule has 0 aliphatic heterocycles. The number of aromatic nitrogens is 1. The molecule has 0 radical (unpaired) electrons. The second-order valence-corrected chi connectivity index (χ2v) is 5.99. The largest absolute Gasteiger partial charge is 0.478 e. The predicted octanol–water partition coefficient (Wildman–Crippen LogP) is 4.92. The van der Waals surface area contributed by atoms with Crippen LogP contribution in [0.3, 0.4) is 0 Å². The van der Waals surface area contributed by atoms with Crippen molar-refractivity contribution in [3.8, 4) is 11.3 Å². The normalized spacial score (nSPS) is 10.8. The number of halogens is 1. The van der Waals surface area contributed by atoms with E-state index in [4.69, 9.17) is 0 Å². The number of carboxylic acids is 1. The van der Waals surface area contributed by atoms with E-state index in [1.54, 1.807) is 6.07 Å². The molecule has 0 saturated heterocycles.